The number of benzene rings is 1. The van der Waals surface area contributed by atoms with Crippen LogP contribution in [-0.2, 0) is 19.5 Å². The van der Waals surface area contributed by atoms with Gasteiger partial charge >= 0.3 is 0 Å². The summed E-state index contributed by atoms with van der Waals surface area (Å²) in [4.78, 5) is 14.9. The predicted octanol–water partition coefficient (Wildman–Crippen LogP) is 2.08. The molecule has 6 nitrogen and oxygen atoms in total. The molecule has 0 fully saturated rings. The molecule has 0 atom stereocenters. The van der Waals surface area contributed by atoms with Gasteiger partial charge in [-0.2, -0.15) is 4.98 Å². The Bertz CT molecular complexity index is 771. The van der Waals surface area contributed by atoms with Crippen LogP contribution in [0.25, 0.3) is 11.5 Å². The first-order valence-electron chi connectivity index (χ1n) is 7.26. The van der Waals surface area contributed by atoms with E-state index in [-0.39, 0.29) is 0 Å². The van der Waals surface area contributed by atoms with Gasteiger partial charge in [0.05, 0.1) is 12.7 Å². The third kappa shape index (κ3) is 2.60. The molecular weight excluding hydrogens is 278 g/mol. The lowest BCUT2D eigenvalue weighted by atomic mass is 10.00. The molecule has 22 heavy (non-hydrogen) atoms. The molecule has 6 heteroatoms. The zero-order chi connectivity index (χ0) is 14.8. The summed E-state index contributed by atoms with van der Waals surface area (Å²) in [6, 6.07) is 8.56. The van der Waals surface area contributed by atoms with Gasteiger partial charge in [0.2, 0.25) is 11.7 Å². The van der Waals surface area contributed by atoms with Crippen molar-refractivity contribution in [2.24, 2.45) is 0 Å². The van der Waals surface area contributed by atoms with E-state index in [4.69, 9.17) is 4.52 Å². The molecule has 0 amide bonds. The first-order chi connectivity index (χ1) is 10.9. The van der Waals surface area contributed by atoms with Gasteiger partial charge in [0.15, 0.2) is 0 Å². The molecule has 0 saturated carbocycles. The Labute approximate surface area is 127 Å². The molecule has 1 aromatic carbocycles. The first-order valence-corrected chi connectivity index (χ1v) is 7.26. The van der Waals surface area contributed by atoms with E-state index in [0.29, 0.717) is 24.0 Å². The molecule has 0 saturated heterocycles. The van der Waals surface area contributed by atoms with Crippen molar-refractivity contribution < 1.29 is 4.52 Å². The van der Waals surface area contributed by atoms with Gasteiger partial charge in [-0.05, 0) is 17.5 Å². The van der Waals surface area contributed by atoms with Crippen molar-refractivity contribution in [1.82, 2.24) is 25.0 Å². The van der Waals surface area contributed by atoms with Crippen LogP contribution in [0.15, 0.2) is 47.4 Å². The maximum atomic E-state index is 5.34. The quantitative estimate of drug-likeness (QED) is 0.736. The third-order valence-corrected chi connectivity index (χ3v) is 3.83. The Morgan fingerprint density at radius 2 is 2.05 bits per heavy atom. The van der Waals surface area contributed by atoms with Gasteiger partial charge < -0.3 is 4.52 Å². The molecule has 0 spiro atoms. The predicted molar refractivity (Wildman–Crippen MR) is 79.6 cm³/mol. The highest BCUT2D eigenvalue weighted by Gasteiger charge is 2.18. The topological polar surface area (TPSA) is 67.9 Å². The van der Waals surface area contributed by atoms with Crippen LogP contribution in [-0.4, -0.2) is 31.6 Å². The van der Waals surface area contributed by atoms with Gasteiger partial charge in [-0.25, -0.2) is 4.98 Å². The molecule has 0 aliphatic carbocycles. The van der Waals surface area contributed by atoms with Crippen LogP contribution in [0, 0.1) is 0 Å². The maximum absolute atomic E-state index is 5.34. The molecule has 2 aromatic heterocycles. The summed E-state index contributed by atoms with van der Waals surface area (Å²) in [6.07, 6.45) is 5.93. The molecule has 0 bridgehead atoms. The lowest BCUT2D eigenvalue weighted by molar-refractivity contribution is 0.210. The van der Waals surface area contributed by atoms with Crippen LogP contribution in [0.3, 0.4) is 0 Å². The number of aromatic nitrogens is 4. The van der Waals surface area contributed by atoms with Gasteiger partial charge in [-0.1, -0.05) is 29.4 Å². The van der Waals surface area contributed by atoms with Crippen LogP contribution < -0.4 is 0 Å². The van der Waals surface area contributed by atoms with Gasteiger partial charge in [0.25, 0.3) is 0 Å². The van der Waals surface area contributed by atoms with E-state index in [1.54, 1.807) is 18.6 Å². The van der Waals surface area contributed by atoms with E-state index in [2.05, 4.69) is 49.3 Å². The van der Waals surface area contributed by atoms with E-state index in [9.17, 15) is 0 Å². The van der Waals surface area contributed by atoms with Crippen molar-refractivity contribution in [2.75, 3.05) is 6.54 Å². The van der Waals surface area contributed by atoms with Crippen molar-refractivity contribution in [2.45, 2.75) is 19.5 Å². The number of hydrogen-bond acceptors (Lipinski definition) is 6. The van der Waals surface area contributed by atoms with Crippen molar-refractivity contribution in [3.05, 3.63) is 59.9 Å². The molecule has 110 valence electrons. The summed E-state index contributed by atoms with van der Waals surface area (Å²) in [6.45, 7) is 2.57. The van der Waals surface area contributed by atoms with Crippen LogP contribution in [0.2, 0.25) is 0 Å². The smallest absolute Gasteiger partial charge is 0.241 e. The average molecular weight is 293 g/mol. The van der Waals surface area contributed by atoms with Crippen LogP contribution in [0.4, 0.5) is 0 Å². The van der Waals surface area contributed by atoms with Gasteiger partial charge in [-0.3, -0.25) is 9.88 Å². The zero-order valence-electron chi connectivity index (χ0n) is 12.0. The lowest BCUT2D eigenvalue weighted by Gasteiger charge is -2.27. The molecule has 3 heterocycles. The molecule has 0 unspecified atom stereocenters. The second-order valence-corrected chi connectivity index (χ2v) is 5.33. The third-order valence-electron chi connectivity index (χ3n) is 3.83. The average Bonchev–Trinajstić information content (AvgIpc) is 3.04. The van der Waals surface area contributed by atoms with E-state index in [1.807, 2.05) is 0 Å². The van der Waals surface area contributed by atoms with Crippen LogP contribution in [0.1, 0.15) is 17.0 Å². The highest BCUT2D eigenvalue weighted by molar-refractivity contribution is 5.45. The van der Waals surface area contributed by atoms with E-state index < -0.39 is 0 Å². The normalized spacial score (nSPS) is 14.7. The van der Waals surface area contributed by atoms with Crippen LogP contribution in [0.5, 0.6) is 0 Å². The van der Waals surface area contributed by atoms with E-state index in [0.717, 1.165) is 19.5 Å². The summed E-state index contributed by atoms with van der Waals surface area (Å²) >= 11 is 0. The number of fused-ring (bicyclic) bond motifs is 1. The highest BCUT2D eigenvalue weighted by atomic mass is 16.5. The molecule has 0 N–H and O–H groups in total. The fourth-order valence-corrected chi connectivity index (χ4v) is 2.72. The fourth-order valence-electron chi connectivity index (χ4n) is 2.72. The number of rotatable bonds is 3. The summed E-state index contributed by atoms with van der Waals surface area (Å²) in [5.41, 5.74) is 3.44. The molecular formula is C16H15N5O. The van der Waals surface area contributed by atoms with Crippen molar-refractivity contribution in [1.29, 1.82) is 0 Å². The van der Waals surface area contributed by atoms with Gasteiger partial charge in [0.1, 0.15) is 5.69 Å². The SMILES string of the molecule is c1ccc2c(c1)CCN(Cc1nc(-c3cnccn3)no1)C2. The summed E-state index contributed by atoms with van der Waals surface area (Å²) in [7, 11) is 0. The molecule has 3 aromatic rings. The monoisotopic (exact) mass is 293 g/mol. The minimum atomic E-state index is 0.487. The van der Waals surface area contributed by atoms with Gasteiger partial charge in [0, 0.05) is 25.5 Å². The summed E-state index contributed by atoms with van der Waals surface area (Å²) in [5, 5.41) is 3.98. The summed E-state index contributed by atoms with van der Waals surface area (Å²) < 4.78 is 5.34. The van der Waals surface area contributed by atoms with Crippen LogP contribution >= 0.6 is 0 Å². The van der Waals surface area contributed by atoms with Crippen molar-refractivity contribution >= 4 is 0 Å². The lowest BCUT2D eigenvalue weighted by Crippen LogP contribution is -2.30. The first kappa shape index (κ1) is 13.1. The van der Waals surface area contributed by atoms with Crippen molar-refractivity contribution in [3.63, 3.8) is 0 Å². The number of hydrogen-bond donors (Lipinski definition) is 0. The zero-order valence-corrected chi connectivity index (χ0v) is 12.0. The number of nitrogens with zero attached hydrogens (tertiary/aromatic N) is 5. The summed E-state index contributed by atoms with van der Waals surface area (Å²) in [5.74, 6) is 1.10. The highest BCUT2D eigenvalue weighted by Crippen LogP contribution is 2.20. The Kier molecular flexibility index (Phi) is 3.36. The fraction of sp³-hybridized carbons (Fsp3) is 0.250. The Hall–Kier alpha value is -2.60. The van der Waals surface area contributed by atoms with E-state index in [1.165, 1.54) is 11.1 Å². The van der Waals surface area contributed by atoms with Crippen molar-refractivity contribution in [3.8, 4) is 11.5 Å². The molecule has 0 radical (unpaired) electrons. The van der Waals surface area contributed by atoms with Gasteiger partial charge in [-0.15, -0.1) is 0 Å². The second kappa shape index (κ2) is 5.65. The molecule has 1 aliphatic heterocycles. The standard InChI is InChI=1S/C16H15N5O/c1-2-4-13-10-21(8-5-12(13)3-1)11-15-19-16(20-22-15)14-9-17-6-7-18-14/h1-4,6-7,9H,5,8,10-11H2. The Morgan fingerprint density at radius 1 is 1.14 bits per heavy atom. The minimum Gasteiger partial charge on any atom is -0.337 e. The molecule has 1 aliphatic rings. The molecule has 4 rings (SSSR count). The Balaban J connectivity index is 1.48. The van der Waals surface area contributed by atoms with E-state index >= 15 is 0 Å². The largest absolute Gasteiger partial charge is 0.337 e. The maximum Gasteiger partial charge on any atom is 0.241 e. The second-order valence-electron chi connectivity index (χ2n) is 5.33. The Morgan fingerprint density at radius 3 is 2.91 bits per heavy atom. The minimum absolute atomic E-state index is 0.487.